The fraction of sp³-hybridized carbons (Fsp3) is 0.579. The fourth-order valence-electron chi connectivity index (χ4n) is 3.88. The van der Waals surface area contributed by atoms with Gasteiger partial charge in [0, 0.05) is 37.4 Å². The normalized spacial score (nSPS) is 26.6. The second kappa shape index (κ2) is 7.33. The predicted octanol–water partition coefficient (Wildman–Crippen LogP) is 2.19. The van der Waals surface area contributed by atoms with Gasteiger partial charge in [0.05, 0.1) is 5.56 Å². The number of benzene rings is 1. The third-order valence-electron chi connectivity index (χ3n) is 5.40. The highest BCUT2D eigenvalue weighted by atomic mass is 16.2. The summed E-state index contributed by atoms with van der Waals surface area (Å²) in [6, 6.07) is 7.82. The van der Waals surface area contributed by atoms with Crippen molar-refractivity contribution >= 4 is 17.6 Å². The number of rotatable bonds is 3. The molecule has 0 bridgehead atoms. The number of hydrogen-bond donors (Lipinski definition) is 2. The largest absolute Gasteiger partial charge is 0.369 e. The van der Waals surface area contributed by atoms with E-state index in [-0.39, 0.29) is 12.1 Å². The summed E-state index contributed by atoms with van der Waals surface area (Å²) in [5, 5.41) is 3.18. The molecule has 0 aromatic heterocycles. The van der Waals surface area contributed by atoms with Crippen LogP contribution in [0.3, 0.4) is 0 Å². The van der Waals surface area contributed by atoms with Crippen LogP contribution in [0, 0.1) is 5.92 Å². The van der Waals surface area contributed by atoms with E-state index in [1.165, 1.54) is 6.42 Å². The maximum absolute atomic E-state index is 12.7. The van der Waals surface area contributed by atoms with Crippen LogP contribution < -0.4 is 16.0 Å². The Hall–Kier alpha value is -2.24. The smallest absolute Gasteiger partial charge is 0.317 e. The highest BCUT2D eigenvalue weighted by molar-refractivity contribution is 5.98. The van der Waals surface area contributed by atoms with E-state index < -0.39 is 5.91 Å². The predicted molar refractivity (Wildman–Crippen MR) is 98.7 cm³/mol. The molecule has 0 radical (unpaired) electrons. The van der Waals surface area contributed by atoms with Crippen LogP contribution in [0.2, 0.25) is 0 Å². The van der Waals surface area contributed by atoms with Gasteiger partial charge in [-0.15, -0.1) is 0 Å². The van der Waals surface area contributed by atoms with Crippen molar-refractivity contribution in [2.45, 2.75) is 45.2 Å². The molecule has 3 amide bonds. The summed E-state index contributed by atoms with van der Waals surface area (Å²) in [7, 11) is 0. The van der Waals surface area contributed by atoms with Gasteiger partial charge in [-0.2, -0.15) is 0 Å². The minimum atomic E-state index is -0.417. The maximum atomic E-state index is 12.7. The van der Waals surface area contributed by atoms with E-state index in [0.29, 0.717) is 24.1 Å². The first-order valence-corrected chi connectivity index (χ1v) is 9.16. The van der Waals surface area contributed by atoms with Crippen molar-refractivity contribution in [3.05, 3.63) is 29.8 Å². The second-order valence-electron chi connectivity index (χ2n) is 7.45. The van der Waals surface area contributed by atoms with E-state index in [9.17, 15) is 9.59 Å². The first-order chi connectivity index (χ1) is 12.0. The molecule has 3 N–H and O–H groups in total. The Morgan fingerprint density at radius 3 is 2.64 bits per heavy atom. The van der Waals surface area contributed by atoms with E-state index in [2.05, 4.69) is 24.1 Å². The number of nitrogens with zero attached hydrogens (tertiary/aromatic N) is 2. The molecular formula is C19H28N4O2. The van der Waals surface area contributed by atoms with Crippen LogP contribution >= 0.6 is 0 Å². The third kappa shape index (κ3) is 3.89. The summed E-state index contributed by atoms with van der Waals surface area (Å²) in [5.74, 6) is 0.142. The lowest BCUT2D eigenvalue weighted by Crippen LogP contribution is -2.52. The number of amides is 3. The molecule has 2 heterocycles. The number of primary amides is 1. The summed E-state index contributed by atoms with van der Waals surface area (Å²) in [6.07, 6.45) is 3.13. The topological polar surface area (TPSA) is 78.7 Å². The van der Waals surface area contributed by atoms with Gasteiger partial charge in [0.25, 0.3) is 5.91 Å². The van der Waals surface area contributed by atoms with Gasteiger partial charge in [0.2, 0.25) is 0 Å². The lowest BCUT2D eigenvalue weighted by molar-refractivity contribution is 0.100. The molecule has 6 nitrogen and oxygen atoms in total. The van der Waals surface area contributed by atoms with Gasteiger partial charge in [-0.1, -0.05) is 19.1 Å². The Morgan fingerprint density at radius 2 is 1.88 bits per heavy atom. The van der Waals surface area contributed by atoms with E-state index in [1.54, 1.807) is 6.07 Å². The van der Waals surface area contributed by atoms with E-state index in [1.807, 2.05) is 23.1 Å². The average molecular weight is 344 g/mol. The zero-order valence-corrected chi connectivity index (χ0v) is 15.1. The molecule has 25 heavy (non-hydrogen) atoms. The zero-order chi connectivity index (χ0) is 18.0. The Morgan fingerprint density at radius 1 is 1.12 bits per heavy atom. The van der Waals surface area contributed by atoms with Crippen molar-refractivity contribution in [1.82, 2.24) is 10.2 Å². The third-order valence-corrected chi connectivity index (χ3v) is 5.40. The number of piperidine rings is 1. The Labute approximate surface area is 149 Å². The van der Waals surface area contributed by atoms with E-state index in [4.69, 9.17) is 5.73 Å². The summed E-state index contributed by atoms with van der Waals surface area (Å²) >= 11 is 0. The van der Waals surface area contributed by atoms with Crippen molar-refractivity contribution in [1.29, 1.82) is 0 Å². The number of para-hydroxylation sites is 1. The summed E-state index contributed by atoms with van der Waals surface area (Å²) in [4.78, 5) is 28.4. The van der Waals surface area contributed by atoms with Crippen molar-refractivity contribution in [2.24, 2.45) is 11.7 Å². The van der Waals surface area contributed by atoms with Gasteiger partial charge in [0.15, 0.2) is 0 Å². The first kappa shape index (κ1) is 17.6. The number of carbonyl (C=O) groups excluding carboxylic acids is 2. The fourth-order valence-corrected chi connectivity index (χ4v) is 3.88. The molecule has 2 fully saturated rings. The number of likely N-dealkylation sites (tertiary alicyclic amines) is 1. The molecule has 3 rings (SSSR count). The molecule has 6 heteroatoms. The standard InChI is InChI=1S/C19H28N4O2/c1-13-7-8-14(2)23(11-13)19(25)21-15-9-10-22(12-15)17-6-4-3-5-16(17)18(20)24/h3-6,13-15H,7-12H2,1-2H3,(H2,20,24)(H,21,25)/t13-,14+,15-/m1/s1. The average Bonchev–Trinajstić information content (AvgIpc) is 3.05. The van der Waals surface area contributed by atoms with Crippen LogP contribution in [-0.2, 0) is 0 Å². The molecule has 0 unspecified atom stereocenters. The maximum Gasteiger partial charge on any atom is 0.317 e. The van der Waals surface area contributed by atoms with Crippen molar-refractivity contribution in [3.8, 4) is 0 Å². The summed E-state index contributed by atoms with van der Waals surface area (Å²) in [5.41, 5.74) is 6.87. The quantitative estimate of drug-likeness (QED) is 0.882. The van der Waals surface area contributed by atoms with Gasteiger partial charge in [-0.05, 0) is 44.2 Å². The van der Waals surface area contributed by atoms with Crippen LogP contribution in [0.15, 0.2) is 24.3 Å². The van der Waals surface area contributed by atoms with Crippen LogP contribution in [0.25, 0.3) is 0 Å². The lowest BCUT2D eigenvalue weighted by Gasteiger charge is -2.37. The molecule has 1 aromatic rings. The molecule has 2 saturated heterocycles. The van der Waals surface area contributed by atoms with Gasteiger partial charge in [-0.25, -0.2) is 4.79 Å². The van der Waals surface area contributed by atoms with Crippen LogP contribution in [0.1, 0.15) is 43.5 Å². The molecule has 0 saturated carbocycles. The monoisotopic (exact) mass is 344 g/mol. The van der Waals surface area contributed by atoms with Gasteiger partial charge in [-0.3, -0.25) is 4.79 Å². The minimum absolute atomic E-state index is 0.0362. The highest BCUT2D eigenvalue weighted by Gasteiger charge is 2.31. The molecule has 136 valence electrons. The van der Waals surface area contributed by atoms with Crippen LogP contribution in [0.5, 0.6) is 0 Å². The van der Waals surface area contributed by atoms with E-state index >= 15 is 0 Å². The molecule has 1 aromatic carbocycles. The molecule has 3 atom stereocenters. The van der Waals surface area contributed by atoms with E-state index in [0.717, 1.165) is 31.6 Å². The number of urea groups is 1. The second-order valence-corrected chi connectivity index (χ2v) is 7.45. The summed E-state index contributed by atoms with van der Waals surface area (Å²) in [6.45, 7) is 6.66. The Kier molecular flexibility index (Phi) is 5.16. The van der Waals surface area contributed by atoms with Crippen molar-refractivity contribution < 1.29 is 9.59 Å². The SMILES string of the molecule is C[C@@H]1CC[C@H](C)N(C(=O)N[C@@H]2CCN(c3ccccc3C(N)=O)C2)C1. The summed E-state index contributed by atoms with van der Waals surface area (Å²) < 4.78 is 0. The van der Waals surface area contributed by atoms with Crippen molar-refractivity contribution in [2.75, 3.05) is 24.5 Å². The highest BCUT2D eigenvalue weighted by Crippen LogP contribution is 2.25. The van der Waals surface area contributed by atoms with Crippen LogP contribution in [-0.4, -0.2) is 48.6 Å². The molecule has 0 spiro atoms. The first-order valence-electron chi connectivity index (χ1n) is 9.16. The minimum Gasteiger partial charge on any atom is -0.369 e. The van der Waals surface area contributed by atoms with Crippen molar-refractivity contribution in [3.63, 3.8) is 0 Å². The number of carbonyl (C=O) groups is 2. The molecule has 0 aliphatic carbocycles. The van der Waals surface area contributed by atoms with Gasteiger partial charge in [0.1, 0.15) is 0 Å². The Bertz CT molecular complexity index is 648. The van der Waals surface area contributed by atoms with Crippen LogP contribution in [0.4, 0.5) is 10.5 Å². The molecule has 2 aliphatic rings. The Balaban J connectivity index is 1.62. The molecular weight excluding hydrogens is 316 g/mol. The lowest BCUT2D eigenvalue weighted by atomic mass is 9.95. The number of hydrogen-bond acceptors (Lipinski definition) is 3. The number of nitrogens with two attached hydrogens (primary N) is 1. The van der Waals surface area contributed by atoms with Gasteiger partial charge < -0.3 is 20.9 Å². The number of nitrogens with one attached hydrogen (secondary N) is 1. The zero-order valence-electron chi connectivity index (χ0n) is 15.1. The number of anilines is 1. The van der Waals surface area contributed by atoms with Gasteiger partial charge >= 0.3 is 6.03 Å². The molecule has 2 aliphatic heterocycles.